The summed E-state index contributed by atoms with van der Waals surface area (Å²) in [6, 6.07) is 10.6. The molecule has 0 unspecified atom stereocenters. The van der Waals surface area contributed by atoms with Crippen LogP contribution in [-0.4, -0.2) is 23.7 Å². The van der Waals surface area contributed by atoms with Crippen LogP contribution < -0.4 is 10.7 Å². The number of hydrogen-bond donors (Lipinski definition) is 3. The van der Waals surface area contributed by atoms with Crippen molar-refractivity contribution in [3.63, 3.8) is 0 Å². The van der Waals surface area contributed by atoms with Gasteiger partial charge in [-0.25, -0.2) is 5.43 Å². The first-order valence-corrected chi connectivity index (χ1v) is 8.70. The Morgan fingerprint density at radius 1 is 1.21 bits per heavy atom. The Bertz CT molecular complexity index is 1010. The fourth-order valence-corrected chi connectivity index (χ4v) is 2.84. The molecule has 0 spiro atoms. The second-order valence-corrected chi connectivity index (χ2v) is 6.16. The highest BCUT2D eigenvalue weighted by Crippen LogP contribution is 2.30. The maximum absolute atomic E-state index is 12.7. The summed E-state index contributed by atoms with van der Waals surface area (Å²) in [6.45, 7) is 1.87. The van der Waals surface area contributed by atoms with Gasteiger partial charge in [0.2, 0.25) is 0 Å². The Kier molecular flexibility index (Phi) is 5.67. The Morgan fingerprint density at radius 2 is 2.00 bits per heavy atom. The highest BCUT2D eigenvalue weighted by molar-refractivity contribution is 6.00. The molecular weight excluding hydrogens is 369 g/mol. The van der Waals surface area contributed by atoms with E-state index >= 15 is 0 Å². The molecular formula is C20H19F3N4O. The third-order valence-electron chi connectivity index (χ3n) is 4.25. The van der Waals surface area contributed by atoms with Crippen LogP contribution in [-0.2, 0) is 17.4 Å². The maximum Gasteiger partial charge on any atom is 0.416 e. The first-order valence-electron chi connectivity index (χ1n) is 8.70. The first kappa shape index (κ1) is 19.5. The molecule has 1 heterocycles. The van der Waals surface area contributed by atoms with Gasteiger partial charge < -0.3 is 10.3 Å². The van der Waals surface area contributed by atoms with E-state index in [1.54, 1.807) is 6.20 Å². The van der Waals surface area contributed by atoms with Crippen molar-refractivity contribution in [3.8, 4) is 0 Å². The fraction of sp³-hybridized carbons (Fsp3) is 0.200. The number of rotatable bonds is 6. The van der Waals surface area contributed by atoms with Crippen LogP contribution >= 0.6 is 0 Å². The van der Waals surface area contributed by atoms with E-state index in [4.69, 9.17) is 0 Å². The lowest BCUT2D eigenvalue weighted by molar-refractivity contribution is -0.137. The van der Waals surface area contributed by atoms with Gasteiger partial charge in [0.05, 0.1) is 18.3 Å². The molecule has 1 aromatic heterocycles. The second-order valence-electron chi connectivity index (χ2n) is 6.16. The topological polar surface area (TPSA) is 69.3 Å². The molecule has 8 heteroatoms. The summed E-state index contributed by atoms with van der Waals surface area (Å²) in [6.07, 6.45) is -0.200. The number of carbonyl (C=O) groups excluding carboxylic acids is 1. The van der Waals surface area contributed by atoms with E-state index in [2.05, 4.69) is 27.8 Å². The predicted octanol–water partition coefficient (Wildman–Crippen LogP) is 4.31. The average Bonchev–Trinajstić information content (AvgIpc) is 3.09. The van der Waals surface area contributed by atoms with Gasteiger partial charge in [-0.2, -0.15) is 18.3 Å². The SMILES string of the molecule is CCc1cccc2c(C=NNC(=O)CNc3cccc(C(F)(F)F)c3)c[nH]c12. The zero-order valence-corrected chi connectivity index (χ0v) is 15.1. The van der Waals surface area contributed by atoms with Crippen molar-refractivity contribution in [2.45, 2.75) is 19.5 Å². The van der Waals surface area contributed by atoms with E-state index in [9.17, 15) is 18.0 Å². The zero-order valence-electron chi connectivity index (χ0n) is 15.1. The van der Waals surface area contributed by atoms with E-state index in [-0.39, 0.29) is 12.2 Å². The molecule has 0 fully saturated rings. The number of halogens is 3. The first-order chi connectivity index (χ1) is 13.4. The molecule has 0 radical (unpaired) electrons. The number of aromatic nitrogens is 1. The van der Waals surface area contributed by atoms with Crippen LogP contribution in [0.25, 0.3) is 10.9 Å². The minimum Gasteiger partial charge on any atom is -0.376 e. The third-order valence-corrected chi connectivity index (χ3v) is 4.25. The molecule has 28 heavy (non-hydrogen) atoms. The highest BCUT2D eigenvalue weighted by Gasteiger charge is 2.30. The van der Waals surface area contributed by atoms with Gasteiger partial charge in [0.15, 0.2) is 0 Å². The fourth-order valence-electron chi connectivity index (χ4n) is 2.84. The number of nitrogens with one attached hydrogen (secondary N) is 3. The molecule has 0 aliphatic heterocycles. The van der Waals surface area contributed by atoms with Gasteiger partial charge >= 0.3 is 6.18 Å². The van der Waals surface area contributed by atoms with Crippen LogP contribution in [0.2, 0.25) is 0 Å². The molecule has 0 saturated carbocycles. The average molecular weight is 388 g/mol. The third kappa shape index (κ3) is 4.51. The number of nitrogens with zero attached hydrogens (tertiary/aromatic N) is 1. The van der Waals surface area contributed by atoms with Crippen LogP contribution in [0.15, 0.2) is 53.8 Å². The highest BCUT2D eigenvalue weighted by atomic mass is 19.4. The summed E-state index contributed by atoms with van der Waals surface area (Å²) in [5, 5.41) is 7.58. The molecule has 5 nitrogen and oxygen atoms in total. The van der Waals surface area contributed by atoms with Gasteiger partial charge in [-0.15, -0.1) is 0 Å². The van der Waals surface area contributed by atoms with Crippen LogP contribution in [0.1, 0.15) is 23.6 Å². The minimum absolute atomic E-state index is 0.202. The van der Waals surface area contributed by atoms with E-state index in [0.29, 0.717) is 0 Å². The smallest absolute Gasteiger partial charge is 0.376 e. The molecule has 1 amide bonds. The molecule has 146 valence electrons. The lowest BCUT2D eigenvalue weighted by Gasteiger charge is -2.09. The van der Waals surface area contributed by atoms with Crippen LogP contribution in [0, 0.1) is 0 Å². The van der Waals surface area contributed by atoms with Crippen LogP contribution in [0.3, 0.4) is 0 Å². The number of carbonyl (C=O) groups is 1. The van der Waals surface area contributed by atoms with E-state index in [1.165, 1.54) is 23.9 Å². The number of hydrogen-bond acceptors (Lipinski definition) is 3. The molecule has 0 atom stereocenters. The number of anilines is 1. The molecule has 0 aliphatic rings. The van der Waals surface area contributed by atoms with Crippen molar-refractivity contribution in [3.05, 3.63) is 65.4 Å². The van der Waals surface area contributed by atoms with Gasteiger partial charge in [-0.05, 0) is 30.2 Å². The lowest BCUT2D eigenvalue weighted by atomic mass is 10.1. The van der Waals surface area contributed by atoms with Crippen molar-refractivity contribution in [2.75, 3.05) is 11.9 Å². The summed E-state index contributed by atoms with van der Waals surface area (Å²) in [7, 11) is 0. The lowest BCUT2D eigenvalue weighted by Crippen LogP contribution is -2.26. The molecule has 0 saturated heterocycles. The second kappa shape index (κ2) is 8.16. The molecule has 3 aromatic rings. The normalized spacial score (nSPS) is 11.9. The summed E-state index contributed by atoms with van der Waals surface area (Å²) >= 11 is 0. The Balaban J connectivity index is 1.58. The number of alkyl halides is 3. The van der Waals surface area contributed by atoms with E-state index < -0.39 is 17.6 Å². The monoisotopic (exact) mass is 388 g/mol. The molecule has 2 aromatic carbocycles. The number of aromatic amines is 1. The van der Waals surface area contributed by atoms with Gasteiger partial charge in [0, 0.05) is 28.4 Å². The summed E-state index contributed by atoms with van der Waals surface area (Å²) < 4.78 is 38.1. The molecule has 0 aliphatic carbocycles. The number of hydrazone groups is 1. The number of benzene rings is 2. The summed E-state index contributed by atoms with van der Waals surface area (Å²) in [5.74, 6) is -0.470. The summed E-state index contributed by atoms with van der Waals surface area (Å²) in [4.78, 5) is 15.1. The number of amides is 1. The van der Waals surface area contributed by atoms with Gasteiger partial charge in [-0.3, -0.25) is 4.79 Å². The van der Waals surface area contributed by atoms with Gasteiger partial charge in [0.25, 0.3) is 5.91 Å². The quantitative estimate of drug-likeness (QED) is 0.435. The number of fused-ring (bicyclic) bond motifs is 1. The number of aryl methyl sites for hydroxylation is 1. The molecule has 3 rings (SSSR count). The zero-order chi connectivity index (χ0) is 20.1. The van der Waals surface area contributed by atoms with Crippen molar-refractivity contribution in [2.24, 2.45) is 5.10 Å². The Hall–Kier alpha value is -3.29. The summed E-state index contributed by atoms with van der Waals surface area (Å²) in [5.41, 5.74) is 4.84. The maximum atomic E-state index is 12.7. The van der Waals surface area contributed by atoms with Crippen molar-refractivity contribution in [1.29, 1.82) is 0 Å². The van der Waals surface area contributed by atoms with E-state index in [0.717, 1.165) is 35.0 Å². The van der Waals surface area contributed by atoms with E-state index in [1.807, 2.05) is 18.2 Å². The van der Waals surface area contributed by atoms with Gasteiger partial charge in [-0.1, -0.05) is 31.2 Å². The Labute approximate surface area is 159 Å². The molecule has 0 bridgehead atoms. The van der Waals surface area contributed by atoms with Crippen molar-refractivity contribution < 1.29 is 18.0 Å². The largest absolute Gasteiger partial charge is 0.416 e. The van der Waals surface area contributed by atoms with Crippen LogP contribution in [0.5, 0.6) is 0 Å². The number of H-pyrrole nitrogens is 1. The van der Waals surface area contributed by atoms with Crippen molar-refractivity contribution >= 4 is 28.7 Å². The van der Waals surface area contributed by atoms with Crippen molar-refractivity contribution in [1.82, 2.24) is 10.4 Å². The van der Waals surface area contributed by atoms with Crippen LogP contribution in [0.4, 0.5) is 18.9 Å². The van der Waals surface area contributed by atoms with Gasteiger partial charge in [0.1, 0.15) is 0 Å². The standard InChI is InChI=1S/C20H19F3N4O/c1-2-13-5-3-8-17-14(10-25-19(13)17)11-26-27-18(28)12-24-16-7-4-6-15(9-16)20(21,22)23/h3-11,24-25H,2,12H2,1H3,(H,27,28). The molecule has 3 N–H and O–H groups in total. The predicted molar refractivity (Wildman–Crippen MR) is 103 cm³/mol. The minimum atomic E-state index is -4.43. The Morgan fingerprint density at radius 3 is 2.75 bits per heavy atom. The number of para-hydroxylation sites is 1.